The highest BCUT2D eigenvalue weighted by Gasteiger charge is 2.31. The fourth-order valence-corrected chi connectivity index (χ4v) is 4.15. The molecule has 0 N–H and O–H groups in total. The molecule has 5 heteroatoms. The monoisotopic (exact) mass is 231 g/mol. The largest absolute Gasteiger partial charge is 0.248 e. The zero-order chi connectivity index (χ0) is 10.2. The number of hydrogen-bond acceptors (Lipinski definition) is 4. The highest BCUT2D eigenvalue weighted by molar-refractivity contribution is 7.91. The van der Waals surface area contributed by atoms with Crippen LogP contribution in [-0.2, 0) is 15.6 Å². The maximum absolute atomic E-state index is 11.8. The predicted octanol–water partition coefficient (Wildman–Crippen LogP) is 1.92. The van der Waals surface area contributed by atoms with Crippen LogP contribution in [0.1, 0.15) is 29.8 Å². The fourth-order valence-electron chi connectivity index (χ4n) is 1.51. The molecular weight excluding hydrogens is 218 g/mol. The van der Waals surface area contributed by atoms with Crippen molar-refractivity contribution in [2.45, 2.75) is 37.2 Å². The molecule has 0 bridgehead atoms. The Labute approximate surface area is 88.1 Å². The van der Waals surface area contributed by atoms with Gasteiger partial charge in [0.2, 0.25) is 0 Å². The topological polar surface area (TPSA) is 47.0 Å². The van der Waals surface area contributed by atoms with E-state index in [9.17, 15) is 8.42 Å². The minimum Gasteiger partial charge on any atom is -0.248 e. The van der Waals surface area contributed by atoms with Gasteiger partial charge in [0.25, 0.3) is 0 Å². The Kier molecular flexibility index (Phi) is 2.62. The molecule has 0 atom stereocenters. The van der Waals surface area contributed by atoms with Crippen molar-refractivity contribution >= 4 is 21.2 Å². The van der Waals surface area contributed by atoms with Crippen molar-refractivity contribution in [3.05, 3.63) is 16.1 Å². The van der Waals surface area contributed by atoms with Crippen LogP contribution < -0.4 is 0 Å². The first-order chi connectivity index (χ1) is 6.59. The summed E-state index contributed by atoms with van der Waals surface area (Å²) in [5.41, 5.74) is 2.45. The van der Waals surface area contributed by atoms with Gasteiger partial charge in [0, 0.05) is 4.88 Å². The van der Waals surface area contributed by atoms with Crippen LogP contribution in [0, 0.1) is 6.92 Å². The van der Waals surface area contributed by atoms with Gasteiger partial charge in [0.05, 0.1) is 22.2 Å². The predicted molar refractivity (Wildman–Crippen MR) is 57.1 cm³/mol. The minimum atomic E-state index is -2.92. The lowest BCUT2D eigenvalue weighted by atomic mass is 10.0. The summed E-state index contributed by atoms with van der Waals surface area (Å²) in [6.45, 7) is 1.92. The number of thiazole rings is 1. The average molecular weight is 231 g/mol. The number of nitrogens with zero attached hydrogens (tertiary/aromatic N) is 1. The van der Waals surface area contributed by atoms with E-state index in [1.54, 1.807) is 5.51 Å². The van der Waals surface area contributed by atoms with Gasteiger partial charge in [-0.1, -0.05) is 6.42 Å². The SMILES string of the molecule is Cc1scnc1CS(=O)(=O)C1CCC1. The first-order valence-electron chi connectivity index (χ1n) is 4.70. The summed E-state index contributed by atoms with van der Waals surface area (Å²) in [4.78, 5) is 5.10. The van der Waals surface area contributed by atoms with Gasteiger partial charge in [0.1, 0.15) is 0 Å². The minimum absolute atomic E-state index is 0.0939. The molecule has 0 spiro atoms. The lowest BCUT2D eigenvalue weighted by Gasteiger charge is -2.24. The molecule has 0 aromatic carbocycles. The Bertz CT molecular complexity index is 418. The molecule has 1 fully saturated rings. The molecule has 1 aromatic rings. The fraction of sp³-hybridized carbons (Fsp3) is 0.667. The molecule has 1 aromatic heterocycles. The van der Waals surface area contributed by atoms with E-state index in [1.165, 1.54) is 11.3 Å². The van der Waals surface area contributed by atoms with Crippen molar-refractivity contribution in [2.24, 2.45) is 0 Å². The number of aromatic nitrogens is 1. The van der Waals surface area contributed by atoms with Crippen LogP contribution in [0.3, 0.4) is 0 Å². The third kappa shape index (κ3) is 1.83. The molecule has 14 heavy (non-hydrogen) atoms. The van der Waals surface area contributed by atoms with Crippen LogP contribution in [0.25, 0.3) is 0 Å². The Hall–Kier alpha value is -0.420. The van der Waals surface area contributed by atoms with E-state index in [0.29, 0.717) is 0 Å². The Balaban J connectivity index is 2.14. The highest BCUT2D eigenvalue weighted by Crippen LogP contribution is 2.29. The maximum Gasteiger partial charge on any atom is 0.158 e. The third-order valence-corrected chi connectivity index (χ3v) is 5.71. The molecule has 0 amide bonds. The van der Waals surface area contributed by atoms with Crippen molar-refractivity contribution in [1.82, 2.24) is 4.98 Å². The van der Waals surface area contributed by atoms with E-state index in [4.69, 9.17) is 0 Å². The maximum atomic E-state index is 11.8. The van der Waals surface area contributed by atoms with E-state index in [-0.39, 0.29) is 11.0 Å². The van der Waals surface area contributed by atoms with Gasteiger partial charge in [-0.3, -0.25) is 0 Å². The van der Waals surface area contributed by atoms with E-state index >= 15 is 0 Å². The second-order valence-corrected chi connectivity index (χ2v) is 7.06. The van der Waals surface area contributed by atoms with Crippen LogP contribution in [-0.4, -0.2) is 18.7 Å². The van der Waals surface area contributed by atoms with Gasteiger partial charge in [0.15, 0.2) is 9.84 Å². The van der Waals surface area contributed by atoms with Crippen LogP contribution in [0.2, 0.25) is 0 Å². The zero-order valence-electron chi connectivity index (χ0n) is 8.06. The molecule has 1 heterocycles. The van der Waals surface area contributed by atoms with Gasteiger partial charge < -0.3 is 0 Å². The van der Waals surface area contributed by atoms with Crippen molar-refractivity contribution in [3.8, 4) is 0 Å². The summed E-state index contributed by atoms with van der Waals surface area (Å²) in [6, 6.07) is 0. The Morgan fingerprint density at radius 3 is 2.71 bits per heavy atom. The number of aryl methyl sites for hydroxylation is 1. The standard InChI is InChI=1S/C9H13NO2S2/c1-7-9(10-6-13-7)5-14(11,12)8-3-2-4-8/h6,8H,2-5H2,1H3. The van der Waals surface area contributed by atoms with Crippen LogP contribution in [0.15, 0.2) is 5.51 Å². The third-order valence-electron chi connectivity index (χ3n) is 2.74. The second-order valence-electron chi connectivity index (χ2n) is 3.72. The molecule has 0 unspecified atom stereocenters. The van der Waals surface area contributed by atoms with Crippen molar-refractivity contribution < 1.29 is 8.42 Å². The van der Waals surface area contributed by atoms with Gasteiger partial charge in [-0.2, -0.15) is 0 Å². The lowest BCUT2D eigenvalue weighted by molar-refractivity contribution is 0.476. The zero-order valence-corrected chi connectivity index (χ0v) is 9.70. The normalized spacial score (nSPS) is 18.1. The summed E-state index contributed by atoms with van der Waals surface area (Å²) in [7, 11) is -2.92. The van der Waals surface area contributed by atoms with E-state index in [1.807, 2.05) is 6.92 Å². The molecule has 0 saturated heterocycles. The average Bonchev–Trinajstić information content (AvgIpc) is 2.30. The summed E-state index contributed by atoms with van der Waals surface area (Å²) < 4.78 is 23.6. The molecule has 2 rings (SSSR count). The van der Waals surface area contributed by atoms with Crippen LogP contribution in [0.4, 0.5) is 0 Å². The molecule has 1 saturated carbocycles. The molecule has 1 aliphatic carbocycles. The van der Waals surface area contributed by atoms with Crippen LogP contribution >= 0.6 is 11.3 Å². The van der Waals surface area contributed by atoms with Gasteiger partial charge >= 0.3 is 0 Å². The van der Waals surface area contributed by atoms with Gasteiger partial charge in [-0.05, 0) is 19.8 Å². The number of rotatable bonds is 3. The Morgan fingerprint density at radius 2 is 2.29 bits per heavy atom. The molecular formula is C9H13NO2S2. The summed E-state index contributed by atoms with van der Waals surface area (Å²) in [6.07, 6.45) is 2.73. The molecule has 0 radical (unpaired) electrons. The first kappa shape index (κ1) is 10.1. The summed E-state index contributed by atoms with van der Waals surface area (Å²) in [5.74, 6) is 0.132. The van der Waals surface area contributed by atoms with Crippen molar-refractivity contribution in [3.63, 3.8) is 0 Å². The molecule has 0 aliphatic heterocycles. The van der Waals surface area contributed by atoms with Crippen LogP contribution in [0.5, 0.6) is 0 Å². The number of hydrogen-bond donors (Lipinski definition) is 0. The Morgan fingerprint density at radius 1 is 1.57 bits per heavy atom. The van der Waals surface area contributed by atoms with Crippen molar-refractivity contribution in [2.75, 3.05) is 0 Å². The van der Waals surface area contributed by atoms with E-state index in [0.717, 1.165) is 29.8 Å². The van der Waals surface area contributed by atoms with Gasteiger partial charge in [-0.15, -0.1) is 11.3 Å². The van der Waals surface area contributed by atoms with E-state index in [2.05, 4.69) is 4.98 Å². The smallest absolute Gasteiger partial charge is 0.158 e. The second kappa shape index (κ2) is 3.62. The summed E-state index contributed by atoms with van der Waals surface area (Å²) >= 11 is 1.51. The van der Waals surface area contributed by atoms with Gasteiger partial charge in [-0.25, -0.2) is 13.4 Å². The van der Waals surface area contributed by atoms with E-state index < -0.39 is 9.84 Å². The highest BCUT2D eigenvalue weighted by atomic mass is 32.2. The molecule has 78 valence electrons. The summed E-state index contributed by atoms with van der Waals surface area (Å²) in [5, 5.41) is -0.0939. The van der Waals surface area contributed by atoms with Crippen molar-refractivity contribution in [1.29, 1.82) is 0 Å². The molecule has 3 nitrogen and oxygen atoms in total. The number of sulfone groups is 1. The lowest BCUT2D eigenvalue weighted by Crippen LogP contribution is -2.29. The first-order valence-corrected chi connectivity index (χ1v) is 7.29. The quantitative estimate of drug-likeness (QED) is 0.798. The molecule has 1 aliphatic rings.